The standard InChI is InChI=1S/C11H12F3N3O2/c12-11(13,14)8-2-1-3-9(16-8)17-5-4-15-6-7(17)10(18)19/h1-3,7,15H,4-6H2,(H,18,19). The van der Waals surface area contributed by atoms with Gasteiger partial charge in [0.2, 0.25) is 0 Å². The molecule has 1 aromatic rings. The molecule has 104 valence electrons. The number of alkyl halides is 3. The summed E-state index contributed by atoms with van der Waals surface area (Å²) in [5.41, 5.74) is -1.02. The van der Waals surface area contributed by atoms with E-state index in [-0.39, 0.29) is 12.4 Å². The number of rotatable bonds is 2. The highest BCUT2D eigenvalue weighted by Crippen LogP contribution is 2.29. The zero-order chi connectivity index (χ0) is 14.0. The van der Waals surface area contributed by atoms with Gasteiger partial charge in [0.05, 0.1) is 0 Å². The number of halogens is 3. The number of nitrogens with zero attached hydrogens (tertiary/aromatic N) is 2. The summed E-state index contributed by atoms with van der Waals surface area (Å²) in [5.74, 6) is -1.06. The van der Waals surface area contributed by atoms with Gasteiger partial charge in [0.1, 0.15) is 17.6 Å². The van der Waals surface area contributed by atoms with Crippen molar-refractivity contribution in [2.24, 2.45) is 0 Å². The molecule has 0 radical (unpaired) electrons. The second-order valence-electron chi connectivity index (χ2n) is 4.13. The van der Waals surface area contributed by atoms with E-state index in [1.807, 2.05) is 0 Å². The van der Waals surface area contributed by atoms with Crippen molar-refractivity contribution < 1.29 is 23.1 Å². The number of aromatic nitrogens is 1. The van der Waals surface area contributed by atoms with Gasteiger partial charge >= 0.3 is 12.1 Å². The number of aliphatic carboxylic acids is 1. The van der Waals surface area contributed by atoms with E-state index >= 15 is 0 Å². The van der Waals surface area contributed by atoms with E-state index < -0.39 is 23.9 Å². The molecule has 8 heteroatoms. The first kappa shape index (κ1) is 13.6. The molecule has 1 saturated heterocycles. The summed E-state index contributed by atoms with van der Waals surface area (Å²) in [6.07, 6.45) is -4.54. The number of pyridine rings is 1. The zero-order valence-corrected chi connectivity index (χ0v) is 9.81. The predicted molar refractivity (Wildman–Crippen MR) is 60.9 cm³/mol. The Morgan fingerprint density at radius 2 is 2.21 bits per heavy atom. The molecule has 0 amide bonds. The average molecular weight is 275 g/mol. The van der Waals surface area contributed by atoms with Crippen molar-refractivity contribution in [2.45, 2.75) is 12.2 Å². The van der Waals surface area contributed by atoms with Crippen LogP contribution in [0.1, 0.15) is 5.69 Å². The summed E-state index contributed by atoms with van der Waals surface area (Å²) in [4.78, 5) is 16.0. The molecule has 2 rings (SSSR count). The topological polar surface area (TPSA) is 65.5 Å². The molecule has 1 aliphatic heterocycles. The Labute approximate surface area is 107 Å². The van der Waals surface area contributed by atoms with Gasteiger partial charge in [-0.25, -0.2) is 9.78 Å². The number of hydrogen-bond donors (Lipinski definition) is 2. The minimum atomic E-state index is -4.54. The molecule has 0 aliphatic carbocycles. The zero-order valence-electron chi connectivity index (χ0n) is 9.81. The van der Waals surface area contributed by atoms with E-state index in [0.29, 0.717) is 13.1 Å². The summed E-state index contributed by atoms with van der Waals surface area (Å²) >= 11 is 0. The smallest absolute Gasteiger partial charge is 0.433 e. The first-order valence-electron chi connectivity index (χ1n) is 5.64. The summed E-state index contributed by atoms with van der Waals surface area (Å²) in [6.45, 7) is 0.972. The van der Waals surface area contributed by atoms with Gasteiger partial charge in [-0.1, -0.05) is 6.07 Å². The molecule has 1 aromatic heterocycles. The number of carboxylic acid groups (broad SMARTS) is 1. The number of hydrogen-bond acceptors (Lipinski definition) is 4. The lowest BCUT2D eigenvalue weighted by molar-refractivity contribution is -0.141. The van der Waals surface area contributed by atoms with E-state index in [4.69, 9.17) is 5.11 Å². The first-order valence-corrected chi connectivity index (χ1v) is 5.64. The minimum absolute atomic E-state index is 0.0312. The molecule has 1 atom stereocenters. The maximum absolute atomic E-state index is 12.6. The second kappa shape index (κ2) is 5.04. The lowest BCUT2D eigenvalue weighted by Crippen LogP contribution is -2.55. The van der Waals surface area contributed by atoms with Crippen molar-refractivity contribution in [3.63, 3.8) is 0 Å². The quantitative estimate of drug-likeness (QED) is 0.841. The van der Waals surface area contributed by atoms with Crippen LogP contribution in [0.4, 0.5) is 19.0 Å². The van der Waals surface area contributed by atoms with Gasteiger partial charge in [0.15, 0.2) is 0 Å². The maximum atomic E-state index is 12.6. The van der Waals surface area contributed by atoms with Crippen molar-refractivity contribution >= 4 is 11.8 Å². The summed E-state index contributed by atoms with van der Waals surface area (Å²) in [6, 6.07) is 2.56. The fraction of sp³-hybridized carbons (Fsp3) is 0.455. The minimum Gasteiger partial charge on any atom is -0.480 e. The molecule has 1 unspecified atom stereocenters. The third-order valence-electron chi connectivity index (χ3n) is 2.85. The highest BCUT2D eigenvalue weighted by atomic mass is 19.4. The molecule has 0 aromatic carbocycles. The maximum Gasteiger partial charge on any atom is 0.433 e. The molecule has 2 N–H and O–H groups in total. The highest BCUT2D eigenvalue weighted by molar-refractivity contribution is 5.78. The van der Waals surface area contributed by atoms with Gasteiger partial charge in [-0.05, 0) is 12.1 Å². The Kier molecular flexibility index (Phi) is 3.61. The second-order valence-corrected chi connectivity index (χ2v) is 4.13. The van der Waals surface area contributed by atoms with Crippen LogP contribution in [0.3, 0.4) is 0 Å². The van der Waals surface area contributed by atoms with Crippen LogP contribution >= 0.6 is 0 Å². The summed E-state index contributed by atoms with van der Waals surface area (Å²) in [5, 5.41) is 12.0. The average Bonchev–Trinajstić information content (AvgIpc) is 2.38. The van der Waals surface area contributed by atoms with E-state index in [9.17, 15) is 18.0 Å². The molecule has 19 heavy (non-hydrogen) atoms. The fourth-order valence-electron chi connectivity index (χ4n) is 1.94. The molecule has 1 aliphatic rings. The Balaban J connectivity index is 2.32. The van der Waals surface area contributed by atoms with Crippen molar-refractivity contribution in [1.29, 1.82) is 0 Å². The van der Waals surface area contributed by atoms with Gasteiger partial charge in [-0.15, -0.1) is 0 Å². The van der Waals surface area contributed by atoms with Gasteiger partial charge in [0, 0.05) is 19.6 Å². The third-order valence-corrected chi connectivity index (χ3v) is 2.85. The number of nitrogens with one attached hydrogen (secondary N) is 1. The molecule has 0 spiro atoms. The summed E-state index contributed by atoms with van der Waals surface area (Å²) < 4.78 is 37.7. The number of piperazine rings is 1. The highest BCUT2D eigenvalue weighted by Gasteiger charge is 2.34. The number of carboxylic acids is 1. The van der Waals surface area contributed by atoms with Gasteiger partial charge in [-0.3, -0.25) is 0 Å². The van der Waals surface area contributed by atoms with Crippen LogP contribution in [0, 0.1) is 0 Å². The third kappa shape index (κ3) is 2.95. The first-order chi connectivity index (χ1) is 8.89. The van der Waals surface area contributed by atoms with E-state index in [0.717, 1.165) is 6.07 Å². The monoisotopic (exact) mass is 275 g/mol. The molecular weight excluding hydrogens is 263 g/mol. The Bertz CT molecular complexity index is 478. The van der Waals surface area contributed by atoms with Gasteiger partial charge < -0.3 is 15.3 Å². The molecule has 5 nitrogen and oxygen atoms in total. The van der Waals surface area contributed by atoms with E-state index in [1.54, 1.807) is 0 Å². The Morgan fingerprint density at radius 3 is 2.84 bits per heavy atom. The van der Waals surface area contributed by atoms with E-state index in [2.05, 4.69) is 10.3 Å². The van der Waals surface area contributed by atoms with Gasteiger partial charge in [-0.2, -0.15) is 13.2 Å². The molecule has 1 fully saturated rings. The predicted octanol–water partition coefficient (Wildman–Crippen LogP) is 0.963. The Morgan fingerprint density at radius 1 is 1.47 bits per heavy atom. The number of anilines is 1. The van der Waals surface area contributed by atoms with Crippen LogP contribution < -0.4 is 10.2 Å². The van der Waals surface area contributed by atoms with Crippen molar-refractivity contribution in [2.75, 3.05) is 24.5 Å². The van der Waals surface area contributed by atoms with Crippen molar-refractivity contribution in [3.05, 3.63) is 23.9 Å². The van der Waals surface area contributed by atoms with Crippen molar-refractivity contribution in [3.8, 4) is 0 Å². The molecule has 0 bridgehead atoms. The SMILES string of the molecule is O=C(O)C1CNCCN1c1cccc(C(F)(F)F)n1. The lowest BCUT2D eigenvalue weighted by atomic mass is 10.2. The Hall–Kier alpha value is -1.83. The normalized spacial score (nSPS) is 20.4. The van der Waals surface area contributed by atoms with Crippen LogP contribution in [-0.4, -0.2) is 41.7 Å². The van der Waals surface area contributed by atoms with Crippen LogP contribution in [0.5, 0.6) is 0 Å². The molecular formula is C11H12F3N3O2. The van der Waals surface area contributed by atoms with Crippen LogP contribution in [-0.2, 0) is 11.0 Å². The van der Waals surface area contributed by atoms with Crippen LogP contribution in [0.2, 0.25) is 0 Å². The molecule has 2 heterocycles. The molecule has 0 saturated carbocycles. The van der Waals surface area contributed by atoms with E-state index in [1.165, 1.54) is 17.0 Å². The fourth-order valence-corrected chi connectivity index (χ4v) is 1.94. The van der Waals surface area contributed by atoms with Crippen LogP contribution in [0.15, 0.2) is 18.2 Å². The number of carbonyl (C=O) groups is 1. The largest absolute Gasteiger partial charge is 0.480 e. The van der Waals surface area contributed by atoms with Crippen molar-refractivity contribution in [1.82, 2.24) is 10.3 Å². The van der Waals surface area contributed by atoms with Crippen LogP contribution in [0.25, 0.3) is 0 Å². The lowest BCUT2D eigenvalue weighted by Gasteiger charge is -2.34. The van der Waals surface area contributed by atoms with Gasteiger partial charge in [0.25, 0.3) is 0 Å². The summed E-state index contributed by atoms with van der Waals surface area (Å²) in [7, 11) is 0.